The van der Waals surface area contributed by atoms with Crippen molar-refractivity contribution in [2.75, 3.05) is 4.90 Å². The van der Waals surface area contributed by atoms with E-state index in [2.05, 4.69) is 150 Å². The second-order valence-electron chi connectivity index (χ2n) is 13.5. The summed E-state index contributed by atoms with van der Waals surface area (Å²) >= 11 is 0. The van der Waals surface area contributed by atoms with Crippen molar-refractivity contribution in [2.24, 2.45) is 5.92 Å². The molecular weight excluding hydrogens is 542 g/mol. The van der Waals surface area contributed by atoms with Crippen LogP contribution in [-0.4, -0.2) is 5.54 Å². The lowest BCUT2D eigenvalue weighted by Gasteiger charge is -2.39. The minimum atomic E-state index is 0.194. The van der Waals surface area contributed by atoms with Gasteiger partial charge >= 0.3 is 0 Å². The molecule has 6 aromatic carbocycles. The van der Waals surface area contributed by atoms with Gasteiger partial charge < -0.3 is 4.90 Å². The molecule has 2 aliphatic heterocycles. The zero-order valence-electron chi connectivity index (χ0n) is 25.4. The van der Waals surface area contributed by atoms with E-state index in [1.807, 2.05) is 0 Å². The third-order valence-electron chi connectivity index (χ3n) is 11.7. The summed E-state index contributed by atoms with van der Waals surface area (Å²) in [6.45, 7) is 0. The van der Waals surface area contributed by atoms with Gasteiger partial charge in [0, 0.05) is 23.2 Å². The van der Waals surface area contributed by atoms with Crippen LogP contribution in [0.4, 0.5) is 11.4 Å². The Kier molecular flexibility index (Phi) is 5.41. The van der Waals surface area contributed by atoms with E-state index in [1.54, 1.807) is 11.1 Å². The van der Waals surface area contributed by atoms with Crippen molar-refractivity contribution in [1.29, 1.82) is 0 Å². The summed E-state index contributed by atoms with van der Waals surface area (Å²) in [6.07, 6.45) is 5.29. The first-order valence-corrected chi connectivity index (χ1v) is 16.7. The molecule has 10 rings (SSSR count). The number of benzene rings is 6. The number of nitrogens with zero attached hydrogens (tertiary/aromatic N) is 1. The molecule has 0 aromatic heterocycles. The van der Waals surface area contributed by atoms with Crippen molar-refractivity contribution >= 4 is 11.4 Å². The fourth-order valence-corrected chi connectivity index (χ4v) is 10.1. The zero-order valence-corrected chi connectivity index (χ0v) is 25.4. The van der Waals surface area contributed by atoms with E-state index < -0.39 is 0 Å². The monoisotopic (exact) mass is 577 g/mol. The Morgan fingerprint density at radius 2 is 0.800 bits per heavy atom. The van der Waals surface area contributed by atoms with Gasteiger partial charge in [-0.05, 0) is 112 Å². The minimum Gasteiger partial charge on any atom is -0.333 e. The third kappa shape index (κ3) is 3.44. The molecule has 2 aliphatic carbocycles. The molecule has 2 atom stereocenters. The predicted molar refractivity (Wildman–Crippen MR) is 187 cm³/mol. The Labute approximate surface area is 265 Å². The molecule has 1 heteroatoms. The van der Waals surface area contributed by atoms with E-state index in [1.165, 1.54) is 81.6 Å². The maximum Gasteiger partial charge on any atom is 0.0617 e. The Bertz CT molecular complexity index is 1950. The number of fused-ring (bicyclic) bond motifs is 6. The Morgan fingerprint density at radius 1 is 0.400 bits per heavy atom. The summed E-state index contributed by atoms with van der Waals surface area (Å²) in [5, 5.41) is 0. The third-order valence-corrected chi connectivity index (χ3v) is 11.7. The molecule has 0 N–H and O–H groups in total. The highest BCUT2D eigenvalue weighted by Gasteiger charge is 2.69. The molecule has 2 fully saturated rings. The maximum atomic E-state index is 2.84. The summed E-state index contributed by atoms with van der Waals surface area (Å²) in [5.74, 6) is 1.93. The lowest BCUT2D eigenvalue weighted by molar-refractivity contribution is 0.338. The highest BCUT2D eigenvalue weighted by molar-refractivity contribution is 5.91. The highest BCUT2D eigenvalue weighted by Crippen LogP contribution is 2.74. The maximum absolute atomic E-state index is 2.84. The van der Waals surface area contributed by atoms with Gasteiger partial charge in [-0.1, -0.05) is 121 Å². The molecule has 2 saturated carbocycles. The summed E-state index contributed by atoms with van der Waals surface area (Å²) in [6, 6.07) is 54.4. The number of anilines is 2. The van der Waals surface area contributed by atoms with E-state index in [0.717, 1.165) is 5.92 Å². The van der Waals surface area contributed by atoms with E-state index >= 15 is 0 Å². The lowest BCUT2D eigenvalue weighted by Crippen LogP contribution is -2.45. The largest absolute Gasteiger partial charge is 0.333 e. The molecule has 0 bridgehead atoms. The van der Waals surface area contributed by atoms with Crippen molar-refractivity contribution in [3.8, 4) is 44.5 Å². The van der Waals surface area contributed by atoms with E-state index in [0.29, 0.717) is 11.8 Å². The zero-order chi connectivity index (χ0) is 29.5. The number of rotatable bonds is 4. The fraction of sp³-hybridized carbons (Fsp3) is 0.182. The quantitative estimate of drug-likeness (QED) is 0.201. The lowest BCUT2D eigenvalue weighted by atomic mass is 9.74. The molecule has 4 aliphatic rings. The number of hydrogen-bond acceptors (Lipinski definition) is 1. The second-order valence-corrected chi connectivity index (χ2v) is 13.5. The molecule has 45 heavy (non-hydrogen) atoms. The van der Waals surface area contributed by atoms with Crippen LogP contribution in [-0.2, 0) is 0 Å². The van der Waals surface area contributed by atoms with Gasteiger partial charge in [-0.25, -0.2) is 0 Å². The van der Waals surface area contributed by atoms with E-state index in [-0.39, 0.29) is 5.54 Å². The van der Waals surface area contributed by atoms with Gasteiger partial charge in [0.2, 0.25) is 0 Å². The standard InChI is InChI=1S/C44H35N/c1-3-11-29(12-4-1)34-15-7-9-17-36(34)31-19-25-42-38(27-31)40-23-21-33-22-24-41-39-28-32(20-26-43(39)45(42)44(33,40)41)37-18-10-8-16-35(37)30-13-5-2-6-14-30/h1-20,25-28,33,40-41H,21-24H2. The Morgan fingerprint density at radius 3 is 1.24 bits per heavy atom. The highest BCUT2D eigenvalue weighted by atomic mass is 15.3. The first kappa shape index (κ1) is 25.4. The van der Waals surface area contributed by atoms with Crippen molar-refractivity contribution in [3.63, 3.8) is 0 Å². The van der Waals surface area contributed by atoms with Gasteiger partial charge in [-0.2, -0.15) is 0 Å². The predicted octanol–water partition coefficient (Wildman–Crippen LogP) is 11.6. The van der Waals surface area contributed by atoms with Gasteiger partial charge in [-0.3, -0.25) is 0 Å². The summed E-state index contributed by atoms with van der Waals surface area (Å²) < 4.78 is 0. The molecule has 0 radical (unpaired) electrons. The van der Waals surface area contributed by atoms with Crippen LogP contribution in [0, 0.1) is 5.92 Å². The normalized spacial score (nSPS) is 23.5. The second kappa shape index (κ2) is 9.56. The van der Waals surface area contributed by atoms with Crippen LogP contribution in [0.1, 0.15) is 48.6 Å². The van der Waals surface area contributed by atoms with Crippen molar-refractivity contribution in [3.05, 3.63) is 157 Å². The van der Waals surface area contributed by atoms with Crippen LogP contribution in [0.3, 0.4) is 0 Å². The van der Waals surface area contributed by atoms with Crippen LogP contribution < -0.4 is 4.90 Å². The van der Waals surface area contributed by atoms with Crippen LogP contribution in [0.25, 0.3) is 44.5 Å². The summed E-state index contributed by atoms with van der Waals surface area (Å²) in [7, 11) is 0. The fourth-order valence-electron chi connectivity index (χ4n) is 10.1. The van der Waals surface area contributed by atoms with Gasteiger partial charge in [0.05, 0.1) is 5.54 Å². The van der Waals surface area contributed by atoms with Crippen LogP contribution in [0.5, 0.6) is 0 Å². The summed E-state index contributed by atoms with van der Waals surface area (Å²) in [5.41, 5.74) is 16.8. The first-order chi connectivity index (χ1) is 22.3. The van der Waals surface area contributed by atoms with E-state index in [9.17, 15) is 0 Å². The van der Waals surface area contributed by atoms with Crippen molar-refractivity contribution in [2.45, 2.75) is 43.1 Å². The molecular formula is C44H35N. The summed E-state index contributed by atoms with van der Waals surface area (Å²) in [4.78, 5) is 2.84. The average molecular weight is 578 g/mol. The van der Waals surface area contributed by atoms with Crippen molar-refractivity contribution in [1.82, 2.24) is 0 Å². The molecule has 1 spiro atoms. The van der Waals surface area contributed by atoms with Gasteiger partial charge in [0.25, 0.3) is 0 Å². The first-order valence-electron chi connectivity index (χ1n) is 16.7. The van der Waals surface area contributed by atoms with Crippen LogP contribution >= 0.6 is 0 Å². The number of hydrogen-bond donors (Lipinski definition) is 0. The molecule has 1 nitrogen and oxygen atoms in total. The SMILES string of the molecule is c1ccc(-c2ccccc2-c2ccc3c(c2)C2CCC4CCC5c6cc(-c7ccccc7-c7ccccc7)ccc6N3C425)cc1. The Hall–Kier alpha value is -4.88. The van der Waals surface area contributed by atoms with Crippen molar-refractivity contribution < 1.29 is 0 Å². The van der Waals surface area contributed by atoms with Crippen LogP contribution in [0.2, 0.25) is 0 Å². The average Bonchev–Trinajstić information content (AvgIpc) is 3.81. The van der Waals surface area contributed by atoms with Gasteiger partial charge in [0.1, 0.15) is 0 Å². The topological polar surface area (TPSA) is 3.24 Å². The molecule has 2 unspecified atom stereocenters. The minimum absolute atomic E-state index is 0.194. The molecule has 216 valence electrons. The molecule has 6 aromatic rings. The smallest absolute Gasteiger partial charge is 0.0617 e. The Balaban J connectivity index is 1.11. The molecule has 0 amide bonds. The molecule has 2 heterocycles. The van der Waals surface area contributed by atoms with E-state index in [4.69, 9.17) is 0 Å². The van der Waals surface area contributed by atoms with Crippen LogP contribution in [0.15, 0.2) is 146 Å². The molecule has 0 saturated heterocycles. The van der Waals surface area contributed by atoms with Gasteiger partial charge in [0.15, 0.2) is 0 Å². The van der Waals surface area contributed by atoms with Gasteiger partial charge in [-0.15, -0.1) is 0 Å².